The maximum absolute atomic E-state index is 12.6. The predicted octanol–water partition coefficient (Wildman–Crippen LogP) is 1.50. The molecule has 0 aromatic heterocycles. The van der Waals surface area contributed by atoms with E-state index in [2.05, 4.69) is 4.72 Å². The van der Waals surface area contributed by atoms with Crippen LogP contribution in [0.4, 0.5) is 0 Å². The number of carbonyl (C=O) groups is 1. The van der Waals surface area contributed by atoms with E-state index >= 15 is 0 Å². The van der Waals surface area contributed by atoms with Gasteiger partial charge < -0.3 is 9.64 Å². The van der Waals surface area contributed by atoms with Gasteiger partial charge in [0.1, 0.15) is 4.90 Å². The summed E-state index contributed by atoms with van der Waals surface area (Å²) in [6.45, 7) is 3.48. The minimum Gasteiger partial charge on any atom is -0.375 e. The van der Waals surface area contributed by atoms with Crippen molar-refractivity contribution in [2.45, 2.75) is 24.3 Å². The number of nitrogens with one attached hydrogen (secondary N) is 1. The molecule has 1 aliphatic heterocycles. The van der Waals surface area contributed by atoms with Gasteiger partial charge in [0.15, 0.2) is 0 Å². The monoisotopic (exact) mass is 346 g/mol. The summed E-state index contributed by atoms with van der Waals surface area (Å²) >= 11 is 5.93. The van der Waals surface area contributed by atoms with Crippen LogP contribution in [0.3, 0.4) is 0 Å². The highest BCUT2D eigenvalue weighted by Gasteiger charge is 2.25. The highest BCUT2D eigenvalue weighted by atomic mass is 35.5. The number of benzene rings is 1. The fourth-order valence-electron chi connectivity index (χ4n) is 2.29. The van der Waals surface area contributed by atoms with Gasteiger partial charge in [-0.1, -0.05) is 18.5 Å². The Labute approximate surface area is 135 Å². The molecule has 0 aliphatic carbocycles. The molecule has 8 heteroatoms. The molecule has 122 valence electrons. The van der Waals surface area contributed by atoms with Gasteiger partial charge >= 0.3 is 0 Å². The molecule has 0 radical (unpaired) electrons. The zero-order valence-electron chi connectivity index (χ0n) is 12.5. The summed E-state index contributed by atoms with van der Waals surface area (Å²) in [6, 6.07) is 4.28. The van der Waals surface area contributed by atoms with Gasteiger partial charge in [0, 0.05) is 18.7 Å². The van der Waals surface area contributed by atoms with Crippen LogP contribution in [0.2, 0.25) is 5.02 Å². The maximum atomic E-state index is 12.6. The molecule has 6 nitrogen and oxygen atoms in total. The normalized spacial score (nSPS) is 19.2. The topological polar surface area (TPSA) is 75.7 Å². The molecule has 1 aromatic carbocycles. The van der Waals surface area contributed by atoms with E-state index < -0.39 is 10.0 Å². The molecule has 1 aliphatic rings. The lowest BCUT2D eigenvalue weighted by Crippen LogP contribution is -2.45. The number of rotatable bonds is 4. The second-order valence-electron chi connectivity index (χ2n) is 5.00. The van der Waals surface area contributed by atoms with Crippen LogP contribution < -0.4 is 4.72 Å². The molecule has 0 spiro atoms. The molecule has 1 amide bonds. The van der Waals surface area contributed by atoms with Crippen molar-refractivity contribution in [2.24, 2.45) is 0 Å². The van der Waals surface area contributed by atoms with Crippen LogP contribution in [-0.2, 0) is 14.8 Å². The second kappa shape index (κ2) is 6.95. The summed E-state index contributed by atoms with van der Waals surface area (Å²) in [5.74, 6) is -0.217. The first-order chi connectivity index (χ1) is 10.4. The third-order valence-corrected chi connectivity index (χ3v) is 5.51. The summed E-state index contributed by atoms with van der Waals surface area (Å²) in [6.07, 6.45) is 0.842. The Morgan fingerprint density at radius 1 is 1.50 bits per heavy atom. The van der Waals surface area contributed by atoms with Crippen molar-refractivity contribution in [1.29, 1.82) is 0 Å². The minimum absolute atomic E-state index is 0.0190. The van der Waals surface area contributed by atoms with E-state index in [0.29, 0.717) is 25.3 Å². The molecule has 1 aromatic rings. The maximum Gasteiger partial charge on any atom is 0.254 e. The summed E-state index contributed by atoms with van der Waals surface area (Å²) < 4.78 is 31.6. The molecule has 1 fully saturated rings. The van der Waals surface area contributed by atoms with Crippen LogP contribution in [-0.4, -0.2) is 52.1 Å². The van der Waals surface area contributed by atoms with E-state index in [9.17, 15) is 13.2 Å². The molecule has 0 saturated carbocycles. The Balaban J connectivity index is 2.29. The lowest BCUT2D eigenvalue weighted by Gasteiger charge is -2.32. The molecule has 1 N–H and O–H groups in total. The van der Waals surface area contributed by atoms with E-state index in [1.54, 1.807) is 4.90 Å². The Morgan fingerprint density at radius 3 is 2.86 bits per heavy atom. The lowest BCUT2D eigenvalue weighted by molar-refractivity contribution is -0.0226. The quantitative estimate of drug-likeness (QED) is 0.896. The lowest BCUT2D eigenvalue weighted by atomic mass is 10.1. The van der Waals surface area contributed by atoms with Crippen LogP contribution in [0.15, 0.2) is 23.1 Å². The highest BCUT2D eigenvalue weighted by Crippen LogP contribution is 2.23. The van der Waals surface area contributed by atoms with Crippen molar-refractivity contribution >= 4 is 27.5 Å². The Bertz CT molecular complexity index is 663. The summed E-state index contributed by atoms with van der Waals surface area (Å²) in [5, 5.41) is 0.0827. The summed E-state index contributed by atoms with van der Waals surface area (Å²) in [5.41, 5.74) is 0.301. The van der Waals surface area contributed by atoms with Crippen molar-refractivity contribution < 1.29 is 17.9 Å². The number of hydrogen-bond acceptors (Lipinski definition) is 4. The van der Waals surface area contributed by atoms with Crippen LogP contribution in [0, 0.1) is 0 Å². The van der Waals surface area contributed by atoms with Crippen molar-refractivity contribution in [2.75, 3.05) is 26.7 Å². The predicted molar refractivity (Wildman–Crippen MR) is 83.6 cm³/mol. The van der Waals surface area contributed by atoms with Gasteiger partial charge in [0.2, 0.25) is 10.0 Å². The highest BCUT2D eigenvalue weighted by molar-refractivity contribution is 7.89. The van der Waals surface area contributed by atoms with Gasteiger partial charge in [-0.05, 0) is 31.7 Å². The first kappa shape index (κ1) is 17.2. The van der Waals surface area contributed by atoms with E-state index in [-0.39, 0.29) is 21.9 Å². The fraction of sp³-hybridized carbons (Fsp3) is 0.500. The first-order valence-corrected chi connectivity index (χ1v) is 8.89. The molecule has 1 atom stereocenters. The fourth-order valence-corrected chi connectivity index (χ4v) is 3.53. The van der Waals surface area contributed by atoms with Crippen molar-refractivity contribution in [3.05, 3.63) is 28.8 Å². The molecular weight excluding hydrogens is 328 g/mol. The van der Waals surface area contributed by atoms with Crippen LogP contribution in [0.25, 0.3) is 0 Å². The van der Waals surface area contributed by atoms with Gasteiger partial charge in [-0.15, -0.1) is 0 Å². The van der Waals surface area contributed by atoms with Gasteiger partial charge in [0.25, 0.3) is 5.91 Å². The Hall–Kier alpha value is -1.15. The number of nitrogens with zero attached hydrogens (tertiary/aromatic N) is 1. The van der Waals surface area contributed by atoms with Gasteiger partial charge in [-0.2, -0.15) is 0 Å². The standard InChI is InChI=1S/C14H19ClN2O4S/c1-3-11-9-17(6-7-21-11)14(18)10-4-5-12(15)13(8-10)22(19,20)16-2/h4-5,8,11,16H,3,6-7,9H2,1-2H3. The van der Waals surface area contributed by atoms with Crippen molar-refractivity contribution in [3.8, 4) is 0 Å². The second-order valence-corrected chi connectivity index (χ2v) is 7.27. The number of sulfonamides is 1. The number of ether oxygens (including phenoxy) is 1. The summed E-state index contributed by atoms with van der Waals surface area (Å²) in [4.78, 5) is 14.1. The van der Waals surface area contributed by atoms with E-state index in [4.69, 9.17) is 16.3 Å². The molecule has 1 saturated heterocycles. The SMILES string of the molecule is CCC1CN(C(=O)c2ccc(Cl)c(S(=O)(=O)NC)c2)CCO1. The number of halogens is 1. The molecular formula is C14H19ClN2O4S. The zero-order valence-corrected chi connectivity index (χ0v) is 14.1. The van der Waals surface area contributed by atoms with Crippen LogP contribution >= 0.6 is 11.6 Å². The third-order valence-electron chi connectivity index (χ3n) is 3.62. The first-order valence-electron chi connectivity index (χ1n) is 7.03. The van der Waals surface area contributed by atoms with Crippen LogP contribution in [0.1, 0.15) is 23.7 Å². The average Bonchev–Trinajstić information content (AvgIpc) is 2.54. The molecule has 0 bridgehead atoms. The van der Waals surface area contributed by atoms with E-state index in [1.165, 1.54) is 25.2 Å². The average molecular weight is 347 g/mol. The number of morpholine rings is 1. The smallest absolute Gasteiger partial charge is 0.254 e. The zero-order chi connectivity index (χ0) is 16.3. The van der Waals surface area contributed by atoms with Crippen molar-refractivity contribution in [3.63, 3.8) is 0 Å². The van der Waals surface area contributed by atoms with Crippen LogP contribution in [0.5, 0.6) is 0 Å². The third kappa shape index (κ3) is 3.60. The van der Waals surface area contributed by atoms with Gasteiger partial charge in [-0.3, -0.25) is 4.79 Å². The van der Waals surface area contributed by atoms with Crippen molar-refractivity contribution in [1.82, 2.24) is 9.62 Å². The Morgan fingerprint density at radius 2 is 2.23 bits per heavy atom. The minimum atomic E-state index is -3.71. The van der Waals surface area contributed by atoms with E-state index in [1.807, 2.05) is 6.92 Å². The van der Waals surface area contributed by atoms with E-state index in [0.717, 1.165) is 6.42 Å². The molecule has 1 unspecified atom stereocenters. The number of amides is 1. The molecule has 22 heavy (non-hydrogen) atoms. The van der Waals surface area contributed by atoms with Gasteiger partial charge in [0.05, 0.1) is 17.7 Å². The number of hydrogen-bond donors (Lipinski definition) is 1. The summed E-state index contributed by atoms with van der Waals surface area (Å²) in [7, 11) is -2.41. The van der Waals surface area contributed by atoms with Gasteiger partial charge in [-0.25, -0.2) is 13.1 Å². The largest absolute Gasteiger partial charge is 0.375 e. The molecule has 1 heterocycles. The number of carbonyl (C=O) groups excluding carboxylic acids is 1. The molecule has 2 rings (SSSR count). The Kier molecular flexibility index (Phi) is 5.44.